The summed E-state index contributed by atoms with van der Waals surface area (Å²) in [6.07, 6.45) is 0.435. The average molecular weight is 255 g/mol. The zero-order valence-electron chi connectivity index (χ0n) is 8.93. The van der Waals surface area contributed by atoms with Crippen molar-refractivity contribution in [2.45, 2.75) is 43.4 Å². The van der Waals surface area contributed by atoms with E-state index in [1.54, 1.807) is 0 Å². The van der Waals surface area contributed by atoms with E-state index in [0.717, 1.165) is 6.42 Å². The second-order valence-corrected chi connectivity index (χ2v) is 10.5. The number of hydrogen-bond acceptors (Lipinski definition) is 2. The fourth-order valence-corrected chi connectivity index (χ4v) is 3.54. The molecule has 5 heteroatoms. The molecule has 0 aromatic rings. The van der Waals surface area contributed by atoms with Crippen molar-refractivity contribution in [1.29, 1.82) is 0 Å². The van der Waals surface area contributed by atoms with E-state index in [1.807, 2.05) is 6.92 Å². The van der Waals surface area contributed by atoms with Gasteiger partial charge < -0.3 is 4.43 Å². The van der Waals surface area contributed by atoms with Crippen LogP contribution in [0.5, 0.6) is 0 Å². The van der Waals surface area contributed by atoms with Gasteiger partial charge in [-0.2, -0.15) is 0 Å². The quantitative estimate of drug-likeness (QED) is 0.572. The summed E-state index contributed by atoms with van der Waals surface area (Å²) in [6.45, 7) is 8.14. The van der Waals surface area contributed by atoms with Crippen LogP contribution in [0.25, 0.3) is 0 Å². The van der Waals surface area contributed by atoms with E-state index < -0.39 is 12.7 Å². The smallest absolute Gasteiger partial charge is 0.201 e. The number of alkyl halides is 2. The molecular weight excluding hydrogens is 239 g/mol. The van der Waals surface area contributed by atoms with Gasteiger partial charge in [0.1, 0.15) is 0 Å². The number of ketones is 1. The monoisotopic (exact) mass is 254 g/mol. The first kappa shape index (κ1) is 12.5. The van der Waals surface area contributed by atoms with Crippen LogP contribution in [0.15, 0.2) is 0 Å². The highest BCUT2D eigenvalue weighted by molar-refractivity contribution is 6.70. The summed E-state index contributed by atoms with van der Waals surface area (Å²) in [6, 6.07) is 0. The third-order valence-electron chi connectivity index (χ3n) is 2.31. The summed E-state index contributed by atoms with van der Waals surface area (Å²) in [5.74, 6) is -0.205. The number of rotatable bonds is 3. The van der Waals surface area contributed by atoms with E-state index in [2.05, 4.69) is 19.6 Å². The van der Waals surface area contributed by atoms with Crippen LogP contribution in [0.2, 0.25) is 19.6 Å². The molecule has 2 atom stereocenters. The molecule has 0 N–H and O–H groups in total. The van der Waals surface area contributed by atoms with Crippen LogP contribution >= 0.6 is 23.2 Å². The van der Waals surface area contributed by atoms with Gasteiger partial charge in [-0.15, -0.1) is 0 Å². The van der Waals surface area contributed by atoms with Crippen molar-refractivity contribution in [3.63, 3.8) is 0 Å². The Kier molecular flexibility index (Phi) is 3.37. The van der Waals surface area contributed by atoms with Crippen LogP contribution in [0.1, 0.15) is 13.3 Å². The van der Waals surface area contributed by atoms with Gasteiger partial charge in [-0.25, -0.2) is 0 Å². The van der Waals surface area contributed by atoms with Crippen molar-refractivity contribution < 1.29 is 9.22 Å². The average Bonchev–Trinajstić information content (AvgIpc) is 2.02. The molecule has 0 amide bonds. The second kappa shape index (κ2) is 3.78. The number of Topliss-reactive ketones (excluding diaryl/α,β-unsaturated/α-hetero) is 1. The second-order valence-electron chi connectivity index (χ2n) is 4.65. The standard InChI is InChI=1S/C9H16Cl2O2Si/c1-5-6-7(12)9(10,11)8(6)13-14(2,3)4/h6,8H,5H2,1-4H3. The minimum atomic E-state index is -1.69. The molecule has 1 saturated carbocycles. The van der Waals surface area contributed by atoms with Gasteiger partial charge in [-0.1, -0.05) is 30.1 Å². The SMILES string of the molecule is CCC1C(=O)C(Cl)(Cl)C1O[Si](C)(C)C. The maximum absolute atomic E-state index is 11.5. The van der Waals surface area contributed by atoms with Crippen LogP contribution in [-0.4, -0.2) is 24.5 Å². The molecule has 1 rings (SSSR count). The van der Waals surface area contributed by atoms with Crippen molar-refractivity contribution in [3.8, 4) is 0 Å². The molecule has 82 valence electrons. The Labute approximate surface area is 96.0 Å². The zero-order valence-corrected chi connectivity index (χ0v) is 11.4. The first-order chi connectivity index (χ1) is 6.20. The lowest BCUT2D eigenvalue weighted by Gasteiger charge is -2.47. The Bertz CT molecular complexity index is 248. The summed E-state index contributed by atoms with van der Waals surface area (Å²) >= 11 is 11.8. The number of carbonyl (C=O) groups is 1. The Balaban J connectivity index is 2.73. The molecule has 2 unspecified atom stereocenters. The summed E-state index contributed by atoms with van der Waals surface area (Å²) < 4.78 is 4.51. The van der Waals surface area contributed by atoms with Gasteiger partial charge >= 0.3 is 0 Å². The molecule has 1 aliphatic carbocycles. The predicted molar refractivity (Wildman–Crippen MR) is 61.4 cm³/mol. The fourth-order valence-electron chi connectivity index (χ4n) is 1.62. The lowest BCUT2D eigenvalue weighted by Crippen LogP contribution is -2.63. The lowest BCUT2D eigenvalue weighted by molar-refractivity contribution is -0.140. The van der Waals surface area contributed by atoms with Gasteiger partial charge in [0, 0.05) is 5.92 Å². The highest BCUT2D eigenvalue weighted by atomic mass is 35.5. The third kappa shape index (κ3) is 2.16. The van der Waals surface area contributed by atoms with Crippen LogP contribution in [0.4, 0.5) is 0 Å². The highest BCUT2D eigenvalue weighted by Gasteiger charge is 2.61. The molecule has 0 aliphatic heterocycles. The number of halogens is 2. The van der Waals surface area contributed by atoms with E-state index in [4.69, 9.17) is 27.6 Å². The minimum Gasteiger partial charge on any atom is -0.410 e. The van der Waals surface area contributed by atoms with Crippen molar-refractivity contribution in [1.82, 2.24) is 0 Å². The van der Waals surface area contributed by atoms with Gasteiger partial charge in [0.25, 0.3) is 0 Å². The Morgan fingerprint density at radius 1 is 1.43 bits per heavy atom. The summed E-state index contributed by atoms with van der Waals surface area (Å²) in [7, 11) is -1.69. The van der Waals surface area contributed by atoms with E-state index in [-0.39, 0.29) is 17.8 Å². The number of hydrogen-bond donors (Lipinski definition) is 0. The molecule has 1 aliphatic rings. The topological polar surface area (TPSA) is 26.3 Å². The minimum absolute atomic E-state index is 0.0911. The summed E-state index contributed by atoms with van der Waals surface area (Å²) in [5, 5.41) is 0. The molecule has 0 spiro atoms. The van der Waals surface area contributed by atoms with Crippen LogP contribution in [-0.2, 0) is 9.22 Å². The lowest BCUT2D eigenvalue weighted by atomic mass is 9.77. The fraction of sp³-hybridized carbons (Fsp3) is 0.889. The van der Waals surface area contributed by atoms with Crippen molar-refractivity contribution >= 4 is 37.3 Å². The zero-order chi connectivity index (χ0) is 11.1. The van der Waals surface area contributed by atoms with Gasteiger partial charge in [-0.3, -0.25) is 4.79 Å². The predicted octanol–water partition coefficient (Wildman–Crippen LogP) is 2.99. The normalized spacial score (nSPS) is 31.4. The van der Waals surface area contributed by atoms with E-state index in [1.165, 1.54) is 0 Å². The van der Waals surface area contributed by atoms with Crippen molar-refractivity contribution in [3.05, 3.63) is 0 Å². The van der Waals surface area contributed by atoms with E-state index in [0.29, 0.717) is 0 Å². The molecule has 0 heterocycles. The van der Waals surface area contributed by atoms with Gasteiger partial charge in [0.15, 0.2) is 14.1 Å². The highest BCUT2D eigenvalue weighted by Crippen LogP contribution is 2.47. The van der Waals surface area contributed by atoms with Crippen LogP contribution < -0.4 is 0 Å². The maximum atomic E-state index is 11.5. The molecule has 0 saturated heterocycles. The Morgan fingerprint density at radius 3 is 2.29 bits per heavy atom. The molecule has 0 aromatic carbocycles. The molecule has 2 nitrogen and oxygen atoms in total. The van der Waals surface area contributed by atoms with Crippen molar-refractivity contribution in [2.75, 3.05) is 0 Å². The molecular formula is C9H16Cl2O2Si. The number of carbonyl (C=O) groups excluding carboxylic acids is 1. The van der Waals surface area contributed by atoms with Gasteiger partial charge in [-0.05, 0) is 26.1 Å². The van der Waals surface area contributed by atoms with Gasteiger partial charge in [0.05, 0.1) is 6.10 Å². The van der Waals surface area contributed by atoms with Gasteiger partial charge in [0.2, 0.25) is 4.33 Å². The largest absolute Gasteiger partial charge is 0.410 e. The molecule has 1 fully saturated rings. The third-order valence-corrected chi connectivity index (χ3v) is 4.07. The Morgan fingerprint density at radius 2 is 1.93 bits per heavy atom. The first-order valence-electron chi connectivity index (χ1n) is 4.80. The summed E-state index contributed by atoms with van der Waals surface area (Å²) in [5.41, 5.74) is 0. The summed E-state index contributed by atoms with van der Waals surface area (Å²) in [4.78, 5) is 11.5. The Hall–Kier alpha value is 0.427. The molecule has 0 aromatic heterocycles. The molecule has 0 bridgehead atoms. The maximum Gasteiger partial charge on any atom is 0.201 e. The molecule has 0 radical (unpaired) electrons. The van der Waals surface area contributed by atoms with Crippen molar-refractivity contribution in [2.24, 2.45) is 5.92 Å². The van der Waals surface area contributed by atoms with E-state index in [9.17, 15) is 4.79 Å². The molecule has 14 heavy (non-hydrogen) atoms. The van der Waals surface area contributed by atoms with Crippen LogP contribution in [0, 0.1) is 5.92 Å². The van der Waals surface area contributed by atoms with E-state index >= 15 is 0 Å². The van der Waals surface area contributed by atoms with Crippen LogP contribution in [0.3, 0.4) is 0 Å². The first-order valence-corrected chi connectivity index (χ1v) is 8.96.